The van der Waals surface area contributed by atoms with Crippen molar-refractivity contribution in [3.63, 3.8) is 0 Å². The van der Waals surface area contributed by atoms with Gasteiger partial charge in [-0.3, -0.25) is 0 Å². The van der Waals surface area contributed by atoms with E-state index in [0.29, 0.717) is 11.6 Å². The Kier molecular flexibility index (Phi) is 4.45. The number of ether oxygens (including phenoxy) is 1. The lowest BCUT2D eigenvalue weighted by molar-refractivity contribution is 0.0603. The van der Waals surface area contributed by atoms with Crippen LogP contribution in [0.5, 0.6) is 0 Å². The number of nitrogens with one attached hydrogen (secondary N) is 1. The van der Waals surface area contributed by atoms with Gasteiger partial charge in [0.25, 0.3) is 0 Å². The average Bonchev–Trinajstić information content (AvgIpc) is 2.86. The summed E-state index contributed by atoms with van der Waals surface area (Å²) in [6, 6.07) is 6.18. The molecule has 0 radical (unpaired) electrons. The number of methoxy groups -OCH3 is 1. The van der Waals surface area contributed by atoms with Crippen LogP contribution in [-0.2, 0) is 11.2 Å². The summed E-state index contributed by atoms with van der Waals surface area (Å²) >= 11 is 0. The largest absolute Gasteiger partial charge is 0.465 e. The van der Waals surface area contributed by atoms with Gasteiger partial charge < -0.3 is 14.6 Å². The highest BCUT2D eigenvalue weighted by Gasteiger charge is 2.15. The minimum atomic E-state index is -0.284. The number of H-pyrrole nitrogens is 1. The summed E-state index contributed by atoms with van der Waals surface area (Å²) in [5.74, 6) is -0.284. The fourth-order valence-corrected chi connectivity index (χ4v) is 2.29. The fraction of sp³-hybridized carbons (Fsp3) is 0.438. The van der Waals surface area contributed by atoms with Crippen molar-refractivity contribution < 1.29 is 9.53 Å². The van der Waals surface area contributed by atoms with Crippen molar-refractivity contribution >= 4 is 16.9 Å². The first kappa shape index (κ1) is 14.6. The van der Waals surface area contributed by atoms with Gasteiger partial charge in [0, 0.05) is 29.7 Å². The van der Waals surface area contributed by atoms with Gasteiger partial charge in [-0.15, -0.1) is 0 Å². The van der Waals surface area contributed by atoms with Gasteiger partial charge in [-0.2, -0.15) is 0 Å². The quantitative estimate of drug-likeness (QED) is 0.853. The van der Waals surface area contributed by atoms with Crippen molar-refractivity contribution in [2.24, 2.45) is 0 Å². The van der Waals surface area contributed by atoms with E-state index in [4.69, 9.17) is 4.74 Å². The first-order chi connectivity index (χ1) is 9.54. The van der Waals surface area contributed by atoms with Gasteiger partial charge in [-0.05, 0) is 45.0 Å². The molecule has 20 heavy (non-hydrogen) atoms. The topological polar surface area (TPSA) is 45.3 Å². The second-order valence-corrected chi connectivity index (χ2v) is 5.36. The molecule has 0 aliphatic rings. The van der Waals surface area contributed by atoms with Crippen molar-refractivity contribution in [3.8, 4) is 0 Å². The molecule has 0 atom stereocenters. The van der Waals surface area contributed by atoms with Gasteiger partial charge in [0.1, 0.15) is 0 Å². The normalized spacial score (nSPS) is 11.5. The second kappa shape index (κ2) is 6.09. The van der Waals surface area contributed by atoms with Crippen LogP contribution in [0.25, 0.3) is 10.9 Å². The molecular weight excluding hydrogens is 252 g/mol. The summed E-state index contributed by atoms with van der Waals surface area (Å²) in [6.07, 6.45) is 2.90. The molecule has 1 aromatic heterocycles. The van der Waals surface area contributed by atoms with Crippen LogP contribution in [0.3, 0.4) is 0 Å². The Morgan fingerprint density at radius 2 is 2.15 bits per heavy atom. The minimum Gasteiger partial charge on any atom is -0.465 e. The van der Waals surface area contributed by atoms with E-state index in [-0.39, 0.29) is 5.97 Å². The molecule has 0 spiro atoms. The number of likely N-dealkylation sites (N-methyl/N-ethyl adjacent to an activating group) is 1. The van der Waals surface area contributed by atoms with Gasteiger partial charge in [0.05, 0.1) is 12.7 Å². The maximum Gasteiger partial charge on any atom is 0.338 e. The Balaban J connectivity index is 2.32. The zero-order chi connectivity index (χ0) is 14.7. The number of aromatic nitrogens is 1. The van der Waals surface area contributed by atoms with E-state index in [1.807, 2.05) is 24.4 Å². The molecule has 0 saturated heterocycles. The minimum absolute atomic E-state index is 0.284. The Hall–Kier alpha value is -1.81. The van der Waals surface area contributed by atoms with Crippen LogP contribution in [0.2, 0.25) is 0 Å². The highest BCUT2D eigenvalue weighted by molar-refractivity contribution is 6.05. The van der Waals surface area contributed by atoms with Crippen LogP contribution in [0, 0.1) is 0 Å². The van der Waals surface area contributed by atoms with Crippen LogP contribution in [0.4, 0.5) is 0 Å². The molecule has 2 rings (SSSR count). The highest BCUT2D eigenvalue weighted by Crippen LogP contribution is 2.24. The van der Waals surface area contributed by atoms with E-state index in [0.717, 1.165) is 29.4 Å². The monoisotopic (exact) mass is 274 g/mol. The maximum atomic E-state index is 11.9. The average molecular weight is 274 g/mol. The van der Waals surface area contributed by atoms with Gasteiger partial charge >= 0.3 is 5.97 Å². The number of nitrogens with zero attached hydrogens (tertiary/aromatic N) is 1. The smallest absolute Gasteiger partial charge is 0.338 e. The van der Waals surface area contributed by atoms with Crippen molar-refractivity contribution in [1.82, 2.24) is 9.88 Å². The number of aromatic amines is 1. The molecule has 1 N–H and O–H groups in total. The van der Waals surface area contributed by atoms with E-state index < -0.39 is 0 Å². The lowest BCUT2D eigenvalue weighted by atomic mass is 10.0. The highest BCUT2D eigenvalue weighted by atomic mass is 16.5. The first-order valence-corrected chi connectivity index (χ1v) is 6.92. The number of hydrogen-bond acceptors (Lipinski definition) is 3. The number of rotatable bonds is 5. The Labute approximate surface area is 119 Å². The number of fused-ring (bicyclic) bond motifs is 1. The van der Waals surface area contributed by atoms with Crippen LogP contribution < -0.4 is 0 Å². The van der Waals surface area contributed by atoms with E-state index in [1.165, 1.54) is 7.11 Å². The lowest BCUT2D eigenvalue weighted by Gasteiger charge is -2.20. The number of hydrogen-bond donors (Lipinski definition) is 1. The molecule has 2 aromatic rings. The summed E-state index contributed by atoms with van der Waals surface area (Å²) in [4.78, 5) is 17.4. The number of carbonyl (C=O) groups is 1. The summed E-state index contributed by atoms with van der Waals surface area (Å²) in [6.45, 7) is 5.31. The SMILES string of the molecule is COC(=O)c1cccc2[nH]cc(CCN(C)C(C)C)c12. The number of carbonyl (C=O) groups excluding carboxylic acids is 1. The number of benzene rings is 1. The molecule has 0 aliphatic carbocycles. The van der Waals surface area contributed by atoms with Crippen molar-refractivity contribution in [3.05, 3.63) is 35.5 Å². The van der Waals surface area contributed by atoms with Crippen molar-refractivity contribution in [1.29, 1.82) is 0 Å². The molecule has 4 heteroatoms. The fourth-order valence-electron chi connectivity index (χ4n) is 2.29. The zero-order valence-electron chi connectivity index (χ0n) is 12.6. The molecule has 0 aliphatic heterocycles. The summed E-state index contributed by atoms with van der Waals surface area (Å²) in [5, 5.41) is 0.983. The van der Waals surface area contributed by atoms with Gasteiger partial charge in [0.15, 0.2) is 0 Å². The molecular formula is C16H22N2O2. The second-order valence-electron chi connectivity index (χ2n) is 5.36. The van der Waals surface area contributed by atoms with Crippen molar-refractivity contribution in [2.45, 2.75) is 26.3 Å². The van der Waals surface area contributed by atoms with Crippen LogP contribution >= 0.6 is 0 Å². The maximum absolute atomic E-state index is 11.9. The predicted octanol–water partition coefficient (Wildman–Crippen LogP) is 2.84. The predicted molar refractivity (Wildman–Crippen MR) is 81.1 cm³/mol. The van der Waals surface area contributed by atoms with Crippen molar-refractivity contribution in [2.75, 3.05) is 20.7 Å². The standard InChI is InChI=1S/C16H22N2O2/c1-11(2)18(3)9-8-12-10-17-14-7-5-6-13(15(12)14)16(19)20-4/h5-7,10-11,17H,8-9H2,1-4H3. The first-order valence-electron chi connectivity index (χ1n) is 6.92. The summed E-state index contributed by atoms with van der Waals surface area (Å²) < 4.78 is 4.87. The molecule has 0 fully saturated rings. The molecule has 108 valence electrons. The third kappa shape index (κ3) is 2.85. The van der Waals surface area contributed by atoms with E-state index in [2.05, 4.69) is 30.8 Å². The van der Waals surface area contributed by atoms with Crippen LogP contribution in [0.1, 0.15) is 29.8 Å². The van der Waals surface area contributed by atoms with Crippen LogP contribution in [0.15, 0.2) is 24.4 Å². The lowest BCUT2D eigenvalue weighted by Crippen LogP contribution is -2.28. The Morgan fingerprint density at radius 3 is 2.80 bits per heavy atom. The molecule has 1 aromatic carbocycles. The van der Waals surface area contributed by atoms with Crippen LogP contribution in [-0.4, -0.2) is 42.6 Å². The molecule has 1 heterocycles. The Bertz CT molecular complexity index is 602. The van der Waals surface area contributed by atoms with E-state index in [9.17, 15) is 4.79 Å². The van der Waals surface area contributed by atoms with E-state index in [1.54, 1.807) is 0 Å². The van der Waals surface area contributed by atoms with Gasteiger partial charge in [-0.1, -0.05) is 6.07 Å². The molecule has 4 nitrogen and oxygen atoms in total. The summed E-state index contributed by atoms with van der Waals surface area (Å²) in [7, 11) is 3.53. The third-order valence-electron chi connectivity index (χ3n) is 3.81. The summed E-state index contributed by atoms with van der Waals surface area (Å²) in [5.41, 5.74) is 2.78. The zero-order valence-corrected chi connectivity index (χ0v) is 12.6. The van der Waals surface area contributed by atoms with Gasteiger partial charge in [0.2, 0.25) is 0 Å². The molecule has 0 unspecified atom stereocenters. The molecule has 0 saturated carbocycles. The Morgan fingerprint density at radius 1 is 1.40 bits per heavy atom. The molecule has 0 bridgehead atoms. The van der Waals surface area contributed by atoms with Gasteiger partial charge in [-0.25, -0.2) is 4.79 Å². The third-order valence-corrected chi connectivity index (χ3v) is 3.81. The molecule has 0 amide bonds. The number of esters is 1. The van der Waals surface area contributed by atoms with E-state index >= 15 is 0 Å².